The highest BCUT2D eigenvalue weighted by Crippen LogP contribution is 2.27. The van der Waals surface area contributed by atoms with Gasteiger partial charge in [-0.25, -0.2) is 4.98 Å². The van der Waals surface area contributed by atoms with Crippen molar-refractivity contribution >= 4 is 11.5 Å². The molecule has 2 N–H and O–H groups in total. The van der Waals surface area contributed by atoms with Crippen molar-refractivity contribution in [2.75, 3.05) is 11.9 Å². The molecule has 0 atom stereocenters. The minimum Gasteiger partial charge on any atom is -0.370 e. The van der Waals surface area contributed by atoms with E-state index >= 15 is 0 Å². The van der Waals surface area contributed by atoms with Gasteiger partial charge in [0.2, 0.25) is 0 Å². The van der Waals surface area contributed by atoms with E-state index in [9.17, 15) is 10.1 Å². The predicted molar refractivity (Wildman–Crippen MR) is 69.5 cm³/mol. The van der Waals surface area contributed by atoms with E-state index in [1.165, 1.54) is 6.07 Å². The summed E-state index contributed by atoms with van der Waals surface area (Å²) in [6, 6.07) is 6.65. The predicted octanol–water partition coefficient (Wildman–Crippen LogP) is 2.81. The number of nitrogens with zero attached hydrogens (tertiary/aromatic N) is 2. The Kier molecular flexibility index (Phi) is 3.57. The van der Waals surface area contributed by atoms with Crippen LogP contribution in [0.4, 0.5) is 11.5 Å². The molecule has 2 heterocycles. The van der Waals surface area contributed by atoms with Gasteiger partial charge in [-0.3, -0.25) is 10.1 Å². The minimum atomic E-state index is -0.424. The van der Waals surface area contributed by atoms with Gasteiger partial charge < -0.3 is 10.3 Å². The van der Waals surface area contributed by atoms with Crippen LogP contribution in [-0.4, -0.2) is 21.4 Å². The van der Waals surface area contributed by atoms with Crippen LogP contribution in [0, 0.1) is 10.1 Å². The van der Waals surface area contributed by atoms with E-state index < -0.39 is 4.92 Å². The van der Waals surface area contributed by atoms with Gasteiger partial charge in [-0.05, 0) is 24.6 Å². The smallest absolute Gasteiger partial charge is 0.297 e. The average Bonchev–Trinajstić information content (AvgIpc) is 2.89. The van der Waals surface area contributed by atoms with Crippen molar-refractivity contribution in [3.63, 3.8) is 0 Å². The lowest BCUT2D eigenvalue weighted by atomic mass is 10.2. The molecule has 0 aliphatic rings. The van der Waals surface area contributed by atoms with Gasteiger partial charge in [0.1, 0.15) is 5.82 Å². The molecule has 0 spiro atoms. The first-order valence-electron chi connectivity index (χ1n) is 5.75. The number of rotatable bonds is 5. The van der Waals surface area contributed by atoms with Crippen LogP contribution in [0.15, 0.2) is 30.5 Å². The molecule has 6 heteroatoms. The third-order valence-corrected chi connectivity index (χ3v) is 2.48. The van der Waals surface area contributed by atoms with Crippen LogP contribution in [0.5, 0.6) is 0 Å². The quantitative estimate of drug-likeness (QED) is 0.627. The van der Waals surface area contributed by atoms with Crippen LogP contribution < -0.4 is 5.32 Å². The highest BCUT2D eigenvalue weighted by Gasteiger charge is 2.18. The summed E-state index contributed by atoms with van der Waals surface area (Å²) >= 11 is 0. The summed E-state index contributed by atoms with van der Waals surface area (Å²) < 4.78 is 0. The number of H-pyrrole nitrogens is 1. The standard InChI is InChI=1S/C12H14N4O2/c1-2-7-14-11-6-5-10(16(17)18)12(15-11)9-4-3-8-13-9/h3-6,8,13H,2,7H2,1H3,(H,14,15). The normalized spacial score (nSPS) is 10.3. The summed E-state index contributed by atoms with van der Waals surface area (Å²) in [5, 5.41) is 14.1. The van der Waals surface area contributed by atoms with Gasteiger partial charge in [0.15, 0.2) is 5.69 Å². The van der Waals surface area contributed by atoms with E-state index in [1.54, 1.807) is 24.4 Å². The van der Waals surface area contributed by atoms with Crippen molar-refractivity contribution < 1.29 is 4.92 Å². The molecule has 0 bridgehead atoms. The number of aromatic amines is 1. The molecule has 0 radical (unpaired) electrons. The zero-order chi connectivity index (χ0) is 13.0. The van der Waals surface area contributed by atoms with E-state index in [0.717, 1.165) is 13.0 Å². The number of aromatic nitrogens is 2. The Labute approximate surface area is 104 Å². The topological polar surface area (TPSA) is 83.9 Å². The Morgan fingerprint density at radius 2 is 2.28 bits per heavy atom. The number of nitro groups is 1. The molecular weight excluding hydrogens is 232 g/mol. The average molecular weight is 246 g/mol. The molecule has 0 saturated carbocycles. The Morgan fingerprint density at radius 3 is 2.89 bits per heavy atom. The van der Waals surface area contributed by atoms with Crippen molar-refractivity contribution in [3.05, 3.63) is 40.6 Å². The van der Waals surface area contributed by atoms with Crippen molar-refractivity contribution in [3.8, 4) is 11.4 Å². The molecular formula is C12H14N4O2. The highest BCUT2D eigenvalue weighted by molar-refractivity contribution is 5.68. The first-order chi connectivity index (χ1) is 8.72. The molecule has 0 aliphatic carbocycles. The van der Waals surface area contributed by atoms with E-state index in [2.05, 4.69) is 15.3 Å². The highest BCUT2D eigenvalue weighted by atomic mass is 16.6. The van der Waals surface area contributed by atoms with E-state index in [0.29, 0.717) is 17.2 Å². The lowest BCUT2D eigenvalue weighted by Crippen LogP contribution is -2.04. The van der Waals surface area contributed by atoms with Crippen LogP contribution in [-0.2, 0) is 0 Å². The third kappa shape index (κ3) is 2.48. The van der Waals surface area contributed by atoms with Crippen molar-refractivity contribution in [1.82, 2.24) is 9.97 Å². The largest absolute Gasteiger partial charge is 0.370 e. The number of anilines is 1. The molecule has 0 saturated heterocycles. The number of pyridine rings is 1. The fourth-order valence-corrected chi connectivity index (χ4v) is 1.63. The van der Waals surface area contributed by atoms with Crippen LogP contribution in [0.2, 0.25) is 0 Å². The van der Waals surface area contributed by atoms with Gasteiger partial charge >= 0.3 is 0 Å². The zero-order valence-corrected chi connectivity index (χ0v) is 10.0. The van der Waals surface area contributed by atoms with Gasteiger partial charge in [0, 0.05) is 18.8 Å². The lowest BCUT2D eigenvalue weighted by molar-refractivity contribution is -0.384. The van der Waals surface area contributed by atoms with Gasteiger partial charge in [-0.1, -0.05) is 6.92 Å². The van der Waals surface area contributed by atoms with Gasteiger partial charge in [0.05, 0.1) is 10.6 Å². The van der Waals surface area contributed by atoms with Crippen LogP contribution in [0.3, 0.4) is 0 Å². The van der Waals surface area contributed by atoms with E-state index in [-0.39, 0.29) is 5.69 Å². The molecule has 2 rings (SSSR count). The monoisotopic (exact) mass is 246 g/mol. The zero-order valence-electron chi connectivity index (χ0n) is 10.0. The molecule has 0 amide bonds. The number of hydrogen-bond acceptors (Lipinski definition) is 4. The van der Waals surface area contributed by atoms with Crippen molar-refractivity contribution in [2.24, 2.45) is 0 Å². The summed E-state index contributed by atoms with van der Waals surface area (Å²) in [7, 11) is 0. The minimum absolute atomic E-state index is 0.000464. The SMILES string of the molecule is CCCNc1ccc([N+](=O)[O-])c(-c2ccc[nH]2)n1. The third-order valence-electron chi connectivity index (χ3n) is 2.48. The number of nitrogens with one attached hydrogen (secondary N) is 2. The Bertz CT molecular complexity index is 537. The Morgan fingerprint density at radius 1 is 1.44 bits per heavy atom. The Balaban J connectivity index is 2.42. The van der Waals surface area contributed by atoms with Gasteiger partial charge in [0.25, 0.3) is 5.69 Å². The second kappa shape index (κ2) is 5.31. The van der Waals surface area contributed by atoms with Crippen LogP contribution in [0.1, 0.15) is 13.3 Å². The van der Waals surface area contributed by atoms with E-state index in [4.69, 9.17) is 0 Å². The molecule has 0 aromatic carbocycles. The van der Waals surface area contributed by atoms with Crippen molar-refractivity contribution in [1.29, 1.82) is 0 Å². The molecule has 94 valence electrons. The summed E-state index contributed by atoms with van der Waals surface area (Å²) in [5.41, 5.74) is 0.993. The molecule has 6 nitrogen and oxygen atoms in total. The molecule has 2 aromatic heterocycles. The lowest BCUT2D eigenvalue weighted by Gasteiger charge is -2.06. The second-order valence-corrected chi connectivity index (χ2v) is 3.83. The van der Waals surface area contributed by atoms with E-state index in [1.807, 2.05) is 6.92 Å². The number of hydrogen-bond donors (Lipinski definition) is 2. The maximum Gasteiger partial charge on any atom is 0.297 e. The summed E-state index contributed by atoms with van der Waals surface area (Å²) in [6.45, 7) is 2.83. The first kappa shape index (κ1) is 12.1. The fourth-order valence-electron chi connectivity index (χ4n) is 1.63. The van der Waals surface area contributed by atoms with Gasteiger partial charge in [-0.2, -0.15) is 0 Å². The van der Waals surface area contributed by atoms with Crippen LogP contribution >= 0.6 is 0 Å². The van der Waals surface area contributed by atoms with Crippen LogP contribution in [0.25, 0.3) is 11.4 Å². The summed E-state index contributed by atoms with van der Waals surface area (Å²) in [5.74, 6) is 0.645. The summed E-state index contributed by atoms with van der Waals surface area (Å²) in [6.07, 6.45) is 2.68. The fraction of sp³-hybridized carbons (Fsp3) is 0.250. The first-order valence-corrected chi connectivity index (χ1v) is 5.75. The molecule has 18 heavy (non-hydrogen) atoms. The summed E-state index contributed by atoms with van der Waals surface area (Å²) in [4.78, 5) is 17.8. The van der Waals surface area contributed by atoms with Gasteiger partial charge in [-0.15, -0.1) is 0 Å². The maximum atomic E-state index is 11.0. The molecule has 0 fully saturated rings. The molecule has 2 aromatic rings. The Hall–Kier alpha value is -2.37. The molecule has 0 aliphatic heterocycles. The van der Waals surface area contributed by atoms with Crippen molar-refractivity contribution in [2.45, 2.75) is 13.3 Å². The maximum absolute atomic E-state index is 11.0. The second-order valence-electron chi connectivity index (χ2n) is 3.83. The molecule has 0 unspecified atom stereocenters.